The van der Waals surface area contributed by atoms with Crippen molar-refractivity contribution in [2.45, 2.75) is 12.6 Å². The van der Waals surface area contributed by atoms with Crippen LogP contribution in [0.2, 0.25) is 5.02 Å². The highest BCUT2D eigenvalue weighted by Gasteiger charge is 2.26. The predicted molar refractivity (Wildman–Crippen MR) is 84.2 cm³/mol. The molecular formula is C11H14ClF3IN3O. The van der Waals surface area contributed by atoms with Gasteiger partial charge in [-0.2, -0.15) is 13.2 Å². The van der Waals surface area contributed by atoms with Gasteiger partial charge in [0.2, 0.25) is 0 Å². The molecule has 0 fully saturated rings. The summed E-state index contributed by atoms with van der Waals surface area (Å²) < 4.78 is 40.7. The largest absolute Gasteiger partial charge is 0.495 e. The molecule has 0 saturated carbocycles. The summed E-state index contributed by atoms with van der Waals surface area (Å²) in [6.45, 7) is -0.424. The van der Waals surface area contributed by atoms with Crippen LogP contribution in [0.1, 0.15) is 6.42 Å². The Hall–Kier alpha value is -0.900. The van der Waals surface area contributed by atoms with E-state index in [0.29, 0.717) is 16.5 Å². The van der Waals surface area contributed by atoms with Crippen molar-refractivity contribution >= 4 is 47.2 Å². The van der Waals surface area contributed by atoms with Crippen molar-refractivity contribution in [3.63, 3.8) is 0 Å². The summed E-state index contributed by atoms with van der Waals surface area (Å²) >= 11 is 5.88. The highest BCUT2D eigenvalue weighted by atomic mass is 127. The van der Waals surface area contributed by atoms with Crippen LogP contribution in [0.25, 0.3) is 0 Å². The van der Waals surface area contributed by atoms with Crippen LogP contribution in [0.3, 0.4) is 0 Å². The van der Waals surface area contributed by atoms with Gasteiger partial charge in [-0.3, -0.25) is 4.99 Å². The average molecular weight is 424 g/mol. The number of hydrogen-bond acceptors (Lipinski definition) is 2. The minimum Gasteiger partial charge on any atom is -0.495 e. The number of nitrogens with zero attached hydrogens (tertiary/aromatic N) is 1. The van der Waals surface area contributed by atoms with Gasteiger partial charge in [0.05, 0.1) is 25.1 Å². The van der Waals surface area contributed by atoms with Gasteiger partial charge in [-0.1, -0.05) is 11.6 Å². The molecule has 0 aliphatic heterocycles. The lowest BCUT2D eigenvalue weighted by atomic mass is 10.3. The molecule has 0 radical (unpaired) electrons. The minimum absolute atomic E-state index is 0. The summed E-state index contributed by atoms with van der Waals surface area (Å²) in [5, 5.41) is 3.00. The van der Waals surface area contributed by atoms with E-state index in [1.807, 2.05) is 0 Å². The Kier molecular flexibility index (Phi) is 8.02. The standard InChI is InChI=1S/C11H13ClF3N3O.HI/c1-19-9-3-2-7(6-8(9)12)18-10(16)17-5-4-11(13,14)15;/h2-3,6H,4-5H2,1H3,(H3,16,17,18);1H. The molecule has 1 aromatic rings. The zero-order valence-electron chi connectivity index (χ0n) is 10.5. The Morgan fingerprint density at radius 2 is 2.10 bits per heavy atom. The van der Waals surface area contributed by atoms with Crippen LogP contribution in [0.4, 0.5) is 18.9 Å². The fourth-order valence-corrected chi connectivity index (χ4v) is 1.49. The van der Waals surface area contributed by atoms with Gasteiger partial charge in [0.15, 0.2) is 5.96 Å². The van der Waals surface area contributed by atoms with Crippen molar-refractivity contribution in [1.29, 1.82) is 0 Å². The maximum Gasteiger partial charge on any atom is 0.390 e. The maximum absolute atomic E-state index is 11.9. The molecule has 9 heteroatoms. The molecule has 0 spiro atoms. The summed E-state index contributed by atoms with van der Waals surface area (Å²) in [5.74, 6) is 0.380. The topological polar surface area (TPSA) is 59.6 Å². The fourth-order valence-electron chi connectivity index (χ4n) is 1.23. The van der Waals surface area contributed by atoms with Crippen LogP contribution in [-0.4, -0.2) is 25.8 Å². The zero-order chi connectivity index (χ0) is 14.5. The van der Waals surface area contributed by atoms with Crippen LogP contribution >= 0.6 is 35.6 Å². The molecule has 1 rings (SSSR count). The highest BCUT2D eigenvalue weighted by molar-refractivity contribution is 14.0. The van der Waals surface area contributed by atoms with Crippen molar-refractivity contribution < 1.29 is 17.9 Å². The summed E-state index contributed by atoms with van der Waals surface area (Å²) in [4.78, 5) is 3.57. The summed E-state index contributed by atoms with van der Waals surface area (Å²) in [5.41, 5.74) is 5.97. The number of hydrogen-bond donors (Lipinski definition) is 2. The lowest BCUT2D eigenvalue weighted by molar-refractivity contribution is -0.132. The van der Waals surface area contributed by atoms with Gasteiger partial charge in [0.25, 0.3) is 0 Å². The molecule has 0 heterocycles. The quantitative estimate of drug-likeness (QED) is 0.442. The maximum atomic E-state index is 11.9. The third-order valence-corrected chi connectivity index (χ3v) is 2.40. The van der Waals surface area contributed by atoms with E-state index in [-0.39, 0.29) is 29.9 Å². The summed E-state index contributed by atoms with van der Waals surface area (Å²) in [7, 11) is 1.47. The summed E-state index contributed by atoms with van der Waals surface area (Å²) in [6.07, 6.45) is -5.26. The molecule has 20 heavy (non-hydrogen) atoms. The number of anilines is 1. The second kappa shape index (κ2) is 8.40. The van der Waals surface area contributed by atoms with Gasteiger partial charge in [-0.05, 0) is 18.2 Å². The van der Waals surface area contributed by atoms with Gasteiger partial charge in [-0.25, -0.2) is 0 Å². The van der Waals surface area contributed by atoms with E-state index in [1.54, 1.807) is 12.1 Å². The lowest BCUT2D eigenvalue weighted by Gasteiger charge is -2.09. The smallest absolute Gasteiger partial charge is 0.390 e. The van der Waals surface area contributed by atoms with Crippen LogP contribution in [0.15, 0.2) is 23.2 Å². The number of halogens is 5. The molecule has 4 nitrogen and oxygen atoms in total. The number of guanidine groups is 1. The molecule has 0 amide bonds. The third-order valence-electron chi connectivity index (χ3n) is 2.10. The molecule has 0 bridgehead atoms. The minimum atomic E-state index is -4.24. The van der Waals surface area contributed by atoms with Crippen LogP contribution in [0.5, 0.6) is 5.75 Å². The Balaban J connectivity index is 0.00000361. The molecular weight excluding hydrogens is 409 g/mol. The van der Waals surface area contributed by atoms with E-state index in [9.17, 15) is 13.2 Å². The molecule has 0 aliphatic carbocycles. The Morgan fingerprint density at radius 3 is 2.60 bits per heavy atom. The van der Waals surface area contributed by atoms with Crippen molar-refractivity contribution in [2.75, 3.05) is 19.0 Å². The normalized spacial score (nSPS) is 11.8. The number of rotatable bonds is 4. The van der Waals surface area contributed by atoms with E-state index < -0.39 is 19.1 Å². The molecule has 0 saturated heterocycles. The van der Waals surface area contributed by atoms with Crippen LogP contribution < -0.4 is 15.8 Å². The van der Waals surface area contributed by atoms with Crippen molar-refractivity contribution in [3.8, 4) is 5.75 Å². The van der Waals surface area contributed by atoms with Crippen molar-refractivity contribution in [1.82, 2.24) is 0 Å². The molecule has 0 unspecified atom stereocenters. The Labute approximate surface area is 136 Å². The second-order valence-electron chi connectivity index (χ2n) is 3.61. The molecule has 1 aromatic carbocycles. The first-order valence-electron chi connectivity index (χ1n) is 5.29. The Morgan fingerprint density at radius 1 is 1.45 bits per heavy atom. The molecule has 0 aromatic heterocycles. The van der Waals surface area contributed by atoms with Crippen molar-refractivity contribution in [3.05, 3.63) is 23.2 Å². The number of aliphatic imine (C=N–C) groups is 1. The number of nitrogens with two attached hydrogens (primary N) is 1. The highest BCUT2D eigenvalue weighted by Crippen LogP contribution is 2.27. The SMILES string of the molecule is COc1ccc(NC(N)=NCCC(F)(F)F)cc1Cl.I. The van der Waals surface area contributed by atoms with Gasteiger partial charge in [0.1, 0.15) is 5.75 Å². The van der Waals surface area contributed by atoms with Gasteiger partial charge in [0, 0.05) is 5.69 Å². The summed E-state index contributed by atoms with van der Waals surface area (Å²) in [6, 6.07) is 4.76. The zero-order valence-corrected chi connectivity index (χ0v) is 13.6. The van der Waals surface area contributed by atoms with E-state index in [2.05, 4.69) is 10.3 Å². The van der Waals surface area contributed by atoms with E-state index in [1.165, 1.54) is 13.2 Å². The molecule has 0 atom stereocenters. The monoisotopic (exact) mass is 423 g/mol. The number of benzene rings is 1. The van der Waals surface area contributed by atoms with Crippen molar-refractivity contribution in [2.24, 2.45) is 10.7 Å². The first kappa shape index (κ1) is 19.1. The molecule has 114 valence electrons. The number of nitrogens with one attached hydrogen (secondary N) is 1. The van der Waals surface area contributed by atoms with Gasteiger partial charge in [-0.15, -0.1) is 24.0 Å². The Bertz CT molecular complexity index is 469. The average Bonchev–Trinajstić information content (AvgIpc) is 2.27. The first-order chi connectivity index (χ1) is 8.81. The third kappa shape index (κ3) is 7.04. The first-order valence-corrected chi connectivity index (χ1v) is 5.67. The number of alkyl halides is 3. The van der Waals surface area contributed by atoms with E-state index >= 15 is 0 Å². The van der Waals surface area contributed by atoms with E-state index in [4.69, 9.17) is 22.1 Å². The molecule has 0 aliphatic rings. The number of ether oxygens (including phenoxy) is 1. The van der Waals surface area contributed by atoms with Gasteiger partial charge < -0.3 is 15.8 Å². The number of methoxy groups -OCH3 is 1. The molecule has 3 N–H and O–H groups in total. The van der Waals surface area contributed by atoms with Crippen LogP contribution in [-0.2, 0) is 0 Å². The lowest BCUT2D eigenvalue weighted by Crippen LogP contribution is -2.23. The van der Waals surface area contributed by atoms with Crippen LogP contribution in [0, 0.1) is 0 Å². The second-order valence-corrected chi connectivity index (χ2v) is 4.01. The van der Waals surface area contributed by atoms with E-state index in [0.717, 1.165) is 0 Å². The fraction of sp³-hybridized carbons (Fsp3) is 0.364. The van der Waals surface area contributed by atoms with Gasteiger partial charge >= 0.3 is 6.18 Å². The predicted octanol–water partition coefficient (Wildman–Crippen LogP) is 3.65.